The molecule has 0 radical (unpaired) electrons. The number of likely N-dealkylation sites (N-methyl/N-ethyl adjacent to an activating group) is 1. The van der Waals surface area contributed by atoms with Gasteiger partial charge in [-0.1, -0.05) is 11.6 Å². The van der Waals surface area contributed by atoms with Crippen molar-refractivity contribution in [3.05, 3.63) is 28.5 Å². The maximum Gasteiger partial charge on any atom is 0.253 e. The highest BCUT2D eigenvalue weighted by atomic mass is 35.5. The van der Waals surface area contributed by atoms with Crippen LogP contribution in [0.15, 0.2) is 17.0 Å². The Hall–Kier alpha value is -0.770. The van der Waals surface area contributed by atoms with Crippen LogP contribution in [-0.4, -0.2) is 56.7 Å². The molecule has 0 aliphatic carbocycles. The van der Waals surface area contributed by atoms with Gasteiger partial charge in [-0.25, -0.2) is 17.8 Å². The highest BCUT2D eigenvalue weighted by molar-refractivity contribution is 7.89. The average molecular weight is 338 g/mol. The first-order valence-electron chi connectivity index (χ1n) is 6.38. The SMILES string of the molecule is CN1CCN(NS(=O)(=O)c2cc(F)c(Cl)c(CO)c2)CC1. The second-order valence-electron chi connectivity index (χ2n) is 4.92. The van der Waals surface area contributed by atoms with Gasteiger partial charge in [-0.2, -0.15) is 0 Å². The number of piperazine rings is 1. The fraction of sp³-hybridized carbons (Fsp3) is 0.500. The first kappa shape index (κ1) is 16.6. The molecule has 0 unspecified atom stereocenters. The number of halogens is 2. The Morgan fingerprint density at radius 3 is 2.52 bits per heavy atom. The van der Waals surface area contributed by atoms with Gasteiger partial charge >= 0.3 is 0 Å². The van der Waals surface area contributed by atoms with Gasteiger partial charge in [0.1, 0.15) is 5.82 Å². The lowest BCUT2D eigenvalue weighted by Crippen LogP contribution is -2.52. The number of hydrogen-bond acceptors (Lipinski definition) is 5. The van der Waals surface area contributed by atoms with Gasteiger partial charge in [-0.3, -0.25) is 0 Å². The Balaban J connectivity index is 2.21. The van der Waals surface area contributed by atoms with Crippen molar-refractivity contribution in [3.8, 4) is 0 Å². The second kappa shape index (κ2) is 6.55. The molecule has 0 aromatic heterocycles. The fourth-order valence-electron chi connectivity index (χ4n) is 2.01. The Kier molecular flexibility index (Phi) is 5.18. The molecule has 2 N–H and O–H groups in total. The number of sulfonamides is 1. The minimum Gasteiger partial charge on any atom is -0.392 e. The molecule has 1 aromatic carbocycles. The van der Waals surface area contributed by atoms with Gasteiger partial charge in [0.05, 0.1) is 16.5 Å². The van der Waals surface area contributed by atoms with E-state index in [1.54, 1.807) is 5.01 Å². The third-order valence-electron chi connectivity index (χ3n) is 3.31. The molecule has 118 valence electrons. The summed E-state index contributed by atoms with van der Waals surface area (Å²) in [5.74, 6) is -0.873. The highest BCUT2D eigenvalue weighted by Crippen LogP contribution is 2.24. The molecular formula is C12H17ClFN3O3S. The molecule has 9 heteroatoms. The summed E-state index contributed by atoms with van der Waals surface area (Å²) in [7, 11) is -1.95. The number of hydrogen-bond donors (Lipinski definition) is 2. The molecule has 1 saturated heterocycles. The number of rotatable bonds is 4. The minimum atomic E-state index is -3.90. The van der Waals surface area contributed by atoms with Crippen molar-refractivity contribution < 1.29 is 17.9 Å². The Bertz CT molecular complexity index is 618. The van der Waals surface area contributed by atoms with Gasteiger partial charge < -0.3 is 10.0 Å². The van der Waals surface area contributed by atoms with Crippen molar-refractivity contribution in [2.24, 2.45) is 0 Å². The summed E-state index contributed by atoms with van der Waals surface area (Å²) in [4.78, 5) is 4.24. The molecule has 1 aliphatic rings. The average Bonchev–Trinajstić information content (AvgIpc) is 2.44. The molecule has 0 atom stereocenters. The van der Waals surface area contributed by atoms with E-state index in [9.17, 15) is 12.8 Å². The molecule has 1 fully saturated rings. The lowest BCUT2D eigenvalue weighted by atomic mass is 10.2. The molecule has 0 amide bonds. The number of aliphatic hydroxyl groups is 1. The summed E-state index contributed by atoms with van der Waals surface area (Å²) in [5.41, 5.74) is 0.0374. The van der Waals surface area contributed by atoms with E-state index in [1.165, 1.54) is 6.07 Å². The maximum atomic E-state index is 13.6. The van der Waals surface area contributed by atoms with Gasteiger partial charge in [0, 0.05) is 31.7 Å². The van der Waals surface area contributed by atoms with Crippen LogP contribution in [0, 0.1) is 5.82 Å². The maximum absolute atomic E-state index is 13.6. The number of nitrogens with one attached hydrogen (secondary N) is 1. The van der Waals surface area contributed by atoms with Crippen molar-refractivity contribution in [1.82, 2.24) is 14.7 Å². The molecule has 0 saturated carbocycles. The minimum absolute atomic E-state index is 0.0374. The second-order valence-corrected chi connectivity index (χ2v) is 6.96. The zero-order valence-electron chi connectivity index (χ0n) is 11.5. The van der Waals surface area contributed by atoms with E-state index in [-0.39, 0.29) is 15.5 Å². The Morgan fingerprint density at radius 1 is 1.33 bits per heavy atom. The van der Waals surface area contributed by atoms with Gasteiger partial charge in [0.25, 0.3) is 10.0 Å². The van der Waals surface area contributed by atoms with E-state index in [2.05, 4.69) is 9.73 Å². The molecule has 21 heavy (non-hydrogen) atoms. The lowest BCUT2D eigenvalue weighted by molar-refractivity contribution is 0.135. The van der Waals surface area contributed by atoms with Crippen molar-refractivity contribution in [3.63, 3.8) is 0 Å². The van der Waals surface area contributed by atoms with Crippen LogP contribution in [0.3, 0.4) is 0 Å². The van der Waals surface area contributed by atoms with Gasteiger partial charge in [0.2, 0.25) is 0 Å². The largest absolute Gasteiger partial charge is 0.392 e. The Morgan fingerprint density at radius 2 is 1.95 bits per heavy atom. The zero-order valence-corrected chi connectivity index (χ0v) is 13.1. The van der Waals surface area contributed by atoms with Crippen molar-refractivity contribution in [2.75, 3.05) is 33.2 Å². The third-order valence-corrected chi connectivity index (χ3v) is 5.09. The van der Waals surface area contributed by atoms with Crippen LogP contribution in [0.4, 0.5) is 4.39 Å². The molecule has 0 bridgehead atoms. The molecule has 1 aliphatic heterocycles. The monoisotopic (exact) mass is 337 g/mol. The van der Waals surface area contributed by atoms with E-state index in [0.29, 0.717) is 13.1 Å². The molecule has 1 heterocycles. The summed E-state index contributed by atoms with van der Waals surface area (Å²) in [5, 5.41) is 10.4. The van der Waals surface area contributed by atoms with E-state index in [0.717, 1.165) is 19.2 Å². The van der Waals surface area contributed by atoms with Crippen LogP contribution >= 0.6 is 11.6 Å². The van der Waals surface area contributed by atoms with Crippen molar-refractivity contribution in [1.29, 1.82) is 0 Å². The topological polar surface area (TPSA) is 72.9 Å². The van der Waals surface area contributed by atoms with Gasteiger partial charge in [-0.05, 0) is 19.2 Å². The summed E-state index contributed by atoms with van der Waals surface area (Å²) in [6, 6.07) is 2.02. The molecule has 2 rings (SSSR count). The predicted molar refractivity (Wildman–Crippen MR) is 76.7 cm³/mol. The number of benzene rings is 1. The van der Waals surface area contributed by atoms with E-state index in [4.69, 9.17) is 16.7 Å². The normalized spacial score (nSPS) is 18.1. The zero-order chi connectivity index (χ0) is 15.6. The predicted octanol–water partition coefficient (Wildman–Crippen LogP) is 0.412. The fourth-order valence-corrected chi connectivity index (χ4v) is 3.36. The van der Waals surface area contributed by atoms with Crippen molar-refractivity contribution in [2.45, 2.75) is 11.5 Å². The standard InChI is InChI=1S/C12H17ClFN3O3S/c1-16-2-4-17(5-3-16)15-21(19,20)10-6-9(8-18)12(13)11(14)7-10/h6-7,15,18H,2-5,8H2,1H3. The van der Waals surface area contributed by atoms with Crippen LogP contribution < -0.4 is 4.83 Å². The van der Waals surface area contributed by atoms with Crippen LogP contribution in [0.25, 0.3) is 0 Å². The molecule has 1 aromatic rings. The number of nitrogens with zero attached hydrogens (tertiary/aromatic N) is 2. The molecule has 6 nitrogen and oxygen atoms in total. The number of hydrazine groups is 1. The molecule has 0 spiro atoms. The number of aliphatic hydroxyl groups excluding tert-OH is 1. The van der Waals surface area contributed by atoms with Crippen molar-refractivity contribution >= 4 is 21.6 Å². The lowest BCUT2D eigenvalue weighted by Gasteiger charge is -2.32. The van der Waals surface area contributed by atoms with Crippen LogP contribution in [0.1, 0.15) is 5.56 Å². The summed E-state index contributed by atoms with van der Waals surface area (Å²) >= 11 is 5.66. The summed E-state index contributed by atoms with van der Waals surface area (Å²) < 4.78 is 38.1. The quantitative estimate of drug-likeness (QED) is 0.832. The van der Waals surface area contributed by atoms with Crippen LogP contribution in [0.2, 0.25) is 5.02 Å². The molecular weight excluding hydrogens is 321 g/mol. The summed E-state index contributed by atoms with van der Waals surface area (Å²) in [6.07, 6.45) is 0. The van der Waals surface area contributed by atoms with E-state index in [1.807, 2.05) is 7.05 Å². The van der Waals surface area contributed by atoms with E-state index >= 15 is 0 Å². The highest BCUT2D eigenvalue weighted by Gasteiger charge is 2.23. The summed E-state index contributed by atoms with van der Waals surface area (Å²) in [6.45, 7) is 2.02. The first-order valence-corrected chi connectivity index (χ1v) is 8.24. The van der Waals surface area contributed by atoms with Gasteiger partial charge in [0.15, 0.2) is 0 Å². The van der Waals surface area contributed by atoms with Gasteiger partial charge in [-0.15, -0.1) is 4.83 Å². The van der Waals surface area contributed by atoms with Crippen LogP contribution in [0.5, 0.6) is 0 Å². The smallest absolute Gasteiger partial charge is 0.253 e. The van der Waals surface area contributed by atoms with Crippen LogP contribution in [-0.2, 0) is 16.6 Å². The first-order chi connectivity index (χ1) is 9.83. The Labute approximate surface area is 128 Å². The van der Waals surface area contributed by atoms with E-state index < -0.39 is 22.4 Å². The third kappa shape index (κ3) is 3.91.